The molecule has 3 rings (SSSR count). The van der Waals surface area contributed by atoms with Crippen molar-refractivity contribution in [2.24, 2.45) is 7.05 Å². The van der Waals surface area contributed by atoms with Crippen LogP contribution in [0.25, 0.3) is 0 Å². The molecule has 2 atom stereocenters. The van der Waals surface area contributed by atoms with Gasteiger partial charge in [0.15, 0.2) is 0 Å². The van der Waals surface area contributed by atoms with Crippen molar-refractivity contribution in [2.75, 3.05) is 6.54 Å². The van der Waals surface area contributed by atoms with E-state index in [2.05, 4.69) is 5.10 Å². The van der Waals surface area contributed by atoms with Crippen LogP contribution in [0.3, 0.4) is 0 Å². The van der Waals surface area contributed by atoms with E-state index in [1.807, 2.05) is 18.9 Å². The van der Waals surface area contributed by atoms with E-state index in [1.165, 1.54) is 6.07 Å². The molecule has 0 unspecified atom stereocenters. The maximum atomic E-state index is 14.1. The summed E-state index contributed by atoms with van der Waals surface area (Å²) in [4.78, 5) is 1.98. The first-order valence-electron chi connectivity index (χ1n) is 7.30. The first-order valence-corrected chi connectivity index (χ1v) is 7.30. The van der Waals surface area contributed by atoms with Gasteiger partial charge >= 0.3 is 0 Å². The number of hydrogen-bond donors (Lipinski definition) is 1. The summed E-state index contributed by atoms with van der Waals surface area (Å²) in [5.74, 6) is -0.899. The lowest BCUT2D eigenvalue weighted by atomic mass is 10.0. The molecule has 0 amide bonds. The molecule has 1 aromatic carbocycles. The molecular formula is C16H19F2N3O. The number of aliphatic hydroxyl groups is 1. The van der Waals surface area contributed by atoms with E-state index >= 15 is 0 Å². The third kappa shape index (κ3) is 2.76. The number of nitrogens with zero attached hydrogens (tertiary/aromatic N) is 3. The number of likely N-dealkylation sites (tertiary alicyclic amines) is 1. The molecule has 1 aliphatic heterocycles. The first-order chi connectivity index (χ1) is 10.5. The summed E-state index contributed by atoms with van der Waals surface area (Å²) >= 11 is 0. The molecule has 4 nitrogen and oxygen atoms in total. The molecule has 1 aromatic heterocycles. The van der Waals surface area contributed by atoms with Gasteiger partial charge in [-0.1, -0.05) is 0 Å². The quantitative estimate of drug-likeness (QED) is 0.946. The van der Waals surface area contributed by atoms with Gasteiger partial charge in [-0.05, 0) is 31.5 Å². The number of aromatic nitrogens is 2. The van der Waals surface area contributed by atoms with Crippen molar-refractivity contribution in [3.05, 3.63) is 52.9 Å². The van der Waals surface area contributed by atoms with Crippen molar-refractivity contribution in [2.45, 2.75) is 32.0 Å². The van der Waals surface area contributed by atoms with Crippen LogP contribution in [0.1, 0.15) is 29.3 Å². The highest BCUT2D eigenvalue weighted by molar-refractivity contribution is 5.25. The number of hydrogen-bond acceptors (Lipinski definition) is 3. The largest absolute Gasteiger partial charge is 0.392 e. The molecular weight excluding hydrogens is 288 g/mol. The summed E-state index contributed by atoms with van der Waals surface area (Å²) in [7, 11) is 1.86. The minimum absolute atomic E-state index is 0.304. The summed E-state index contributed by atoms with van der Waals surface area (Å²) in [6, 6.07) is 3.15. The second kappa shape index (κ2) is 5.78. The Balaban J connectivity index is 1.89. The van der Waals surface area contributed by atoms with E-state index in [0.29, 0.717) is 25.1 Å². The fourth-order valence-corrected chi connectivity index (χ4v) is 3.07. The average Bonchev–Trinajstić information content (AvgIpc) is 2.99. The van der Waals surface area contributed by atoms with Gasteiger partial charge in [-0.15, -0.1) is 0 Å². The normalized spacial score (nSPS) is 22.4. The van der Waals surface area contributed by atoms with Gasteiger partial charge < -0.3 is 5.11 Å². The van der Waals surface area contributed by atoms with Crippen LogP contribution >= 0.6 is 0 Å². The number of halogens is 2. The van der Waals surface area contributed by atoms with Crippen LogP contribution in [-0.4, -0.2) is 32.4 Å². The predicted molar refractivity (Wildman–Crippen MR) is 78.1 cm³/mol. The van der Waals surface area contributed by atoms with Gasteiger partial charge in [0.1, 0.15) is 11.6 Å². The third-order valence-electron chi connectivity index (χ3n) is 4.41. The number of rotatable bonds is 3. The summed E-state index contributed by atoms with van der Waals surface area (Å²) in [5, 5.41) is 14.2. The molecule has 1 N–H and O–H groups in total. The molecule has 0 saturated carbocycles. The van der Waals surface area contributed by atoms with Gasteiger partial charge in [0, 0.05) is 43.0 Å². The molecule has 0 radical (unpaired) electrons. The first kappa shape index (κ1) is 15.1. The number of β-amino-alcohol motifs (C(OH)–C–C–N with tert-alkyl or cyclic N) is 1. The van der Waals surface area contributed by atoms with Gasteiger partial charge in [-0.3, -0.25) is 9.58 Å². The molecule has 6 heteroatoms. The average molecular weight is 307 g/mol. The van der Waals surface area contributed by atoms with Gasteiger partial charge in [0.25, 0.3) is 0 Å². The summed E-state index contributed by atoms with van der Waals surface area (Å²) in [5.41, 5.74) is 2.36. The zero-order valence-corrected chi connectivity index (χ0v) is 12.6. The number of aliphatic hydroxyl groups excluding tert-OH is 1. The maximum Gasteiger partial charge on any atom is 0.128 e. The second-order valence-corrected chi connectivity index (χ2v) is 5.88. The lowest BCUT2D eigenvalue weighted by Gasteiger charge is -2.24. The lowest BCUT2D eigenvalue weighted by Crippen LogP contribution is -2.25. The maximum absolute atomic E-state index is 14.1. The lowest BCUT2D eigenvalue weighted by molar-refractivity contribution is 0.172. The minimum atomic E-state index is -0.537. The fourth-order valence-electron chi connectivity index (χ4n) is 3.07. The zero-order valence-electron chi connectivity index (χ0n) is 12.6. The molecule has 0 bridgehead atoms. The van der Waals surface area contributed by atoms with Gasteiger partial charge in [-0.25, -0.2) is 8.78 Å². The smallest absolute Gasteiger partial charge is 0.128 e. The monoisotopic (exact) mass is 307 g/mol. The Morgan fingerprint density at radius 3 is 2.82 bits per heavy atom. The molecule has 2 aromatic rings. The van der Waals surface area contributed by atoms with E-state index in [-0.39, 0.29) is 6.04 Å². The van der Waals surface area contributed by atoms with Crippen LogP contribution in [0.5, 0.6) is 0 Å². The van der Waals surface area contributed by atoms with Crippen molar-refractivity contribution in [1.29, 1.82) is 0 Å². The molecule has 118 valence electrons. The van der Waals surface area contributed by atoms with Crippen molar-refractivity contribution in [3.8, 4) is 0 Å². The van der Waals surface area contributed by atoms with Crippen LogP contribution in [0.4, 0.5) is 8.78 Å². The fraction of sp³-hybridized carbons (Fsp3) is 0.438. The molecule has 1 fully saturated rings. The van der Waals surface area contributed by atoms with E-state index in [1.54, 1.807) is 10.9 Å². The zero-order chi connectivity index (χ0) is 15.9. The Morgan fingerprint density at radius 1 is 1.36 bits per heavy atom. The number of aryl methyl sites for hydroxylation is 1. The van der Waals surface area contributed by atoms with Crippen LogP contribution < -0.4 is 0 Å². The highest BCUT2D eigenvalue weighted by Gasteiger charge is 2.34. The van der Waals surface area contributed by atoms with Crippen LogP contribution in [0, 0.1) is 18.6 Å². The molecule has 1 aliphatic rings. The highest BCUT2D eigenvalue weighted by Crippen LogP contribution is 2.35. The standard InChI is InChI=1S/C16H19F2N3O/c1-10-11(7-19-20(10)2)8-21-9-13(22)6-16(21)14-5-12(17)3-4-15(14)18/h3-5,7,13,16,22H,6,8-9H2,1-2H3/t13-,16-/m1/s1. The Hall–Kier alpha value is -1.79. The van der Waals surface area contributed by atoms with E-state index in [4.69, 9.17) is 0 Å². The Bertz CT molecular complexity index is 686. The van der Waals surface area contributed by atoms with E-state index in [0.717, 1.165) is 23.4 Å². The van der Waals surface area contributed by atoms with Crippen LogP contribution in [-0.2, 0) is 13.6 Å². The highest BCUT2D eigenvalue weighted by atomic mass is 19.1. The Labute approximate surface area is 128 Å². The minimum Gasteiger partial charge on any atom is -0.392 e. The molecule has 2 heterocycles. The second-order valence-electron chi connectivity index (χ2n) is 5.88. The van der Waals surface area contributed by atoms with E-state index < -0.39 is 17.7 Å². The molecule has 1 saturated heterocycles. The SMILES string of the molecule is Cc1c(CN2C[C@H](O)C[C@@H]2c2cc(F)ccc2F)cnn1C. The van der Waals surface area contributed by atoms with Gasteiger partial charge in [0.05, 0.1) is 12.3 Å². The van der Waals surface area contributed by atoms with Crippen LogP contribution in [0.15, 0.2) is 24.4 Å². The van der Waals surface area contributed by atoms with Crippen molar-refractivity contribution in [3.63, 3.8) is 0 Å². The van der Waals surface area contributed by atoms with Crippen LogP contribution in [0.2, 0.25) is 0 Å². The topological polar surface area (TPSA) is 41.3 Å². The molecule has 0 aliphatic carbocycles. The third-order valence-corrected chi connectivity index (χ3v) is 4.41. The molecule has 22 heavy (non-hydrogen) atoms. The molecule has 0 spiro atoms. The van der Waals surface area contributed by atoms with E-state index in [9.17, 15) is 13.9 Å². The van der Waals surface area contributed by atoms with Crippen molar-refractivity contribution >= 4 is 0 Å². The summed E-state index contributed by atoms with van der Waals surface area (Å²) < 4.78 is 29.3. The van der Waals surface area contributed by atoms with Crippen molar-refractivity contribution < 1.29 is 13.9 Å². The van der Waals surface area contributed by atoms with Crippen molar-refractivity contribution in [1.82, 2.24) is 14.7 Å². The Kier molecular flexibility index (Phi) is 3.97. The summed E-state index contributed by atoms with van der Waals surface area (Å²) in [6.07, 6.45) is 1.64. The Morgan fingerprint density at radius 2 is 2.14 bits per heavy atom. The van der Waals surface area contributed by atoms with Gasteiger partial charge in [-0.2, -0.15) is 5.10 Å². The van der Waals surface area contributed by atoms with Gasteiger partial charge in [0.2, 0.25) is 0 Å². The predicted octanol–water partition coefficient (Wildman–Crippen LogP) is 2.31. The number of benzene rings is 1. The summed E-state index contributed by atoms with van der Waals surface area (Å²) in [6.45, 7) is 2.96.